The Morgan fingerprint density at radius 3 is 2.58 bits per heavy atom. The molecule has 0 aromatic heterocycles. The van der Waals surface area contributed by atoms with Crippen LogP contribution >= 0.6 is 0 Å². The maximum atomic E-state index is 13.0. The number of nitrogens with zero attached hydrogens (tertiary/aromatic N) is 2. The summed E-state index contributed by atoms with van der Waals surface area (Å²) >= 11 is 0. The molecule has 2 atom stereocenters. The summed E-state index contributed by atoms with van der Waals surface area (Å²) in [7, 11) is 0. The Bertz CT molecular complexity index is 659. The molecule has 26 heavy (non-hydrogen) atoms. The second kappa shape index (κ2) is 7.03. The Hall–Kier alpha value is -1.88. The van der Waals surface area contributed by atoms with Gasteiger partial charge in [-0.2, -0.15) is 0 Å². The molecule has 2 amide bonds. The first-order valence-electron chi connectivity index (χ1n) is 9.92. The zero-order valence-electron chi connectivity index (χ0n) is 15.6. The molecule has 1 aromatic carbocycles. The zero-order chi connectivity index (χ0) is 18.1. The quantitative estimate of drug-likeness (QED) is 0.904. The lowest BCUT2D eigenvalue weighted by atomic mass is 9.77. The van der Waals surface area contributed by atoms with Crippen molar-refractivity contribution in [1.29, 1.82) is 0 Å². The van der Waals surface area contributed by atoms with Crippen molar-refractivity contribution in [3.8, 4) is 0 Å². The van der Waals surface area contributed by atoms with Crippen molar-refractivity contribution < 1.29 is 9.59 Å². The van der Waals surface area contributed by atoms with Crippen molar-refractivity contribution in [2.45, 2.75) is 38.6 Å². The highest BCUT2D eigenvalue weighted by Crippen LogP contribution is 2.38. The average molecular weight is 355 g/mol. The maximum absolute atomic E-state index is 13.0. The Morgan fingerprint density at radius 2 is 1.92 bits per heavy atom. The number of carbonyl (C=O) groups excluding carboxylic acids is 2. The summed E-state index contributed by atoms with van der Waals surface area (Å²) in [5, 5.41) is 3.47. The SMILES string of the molecule is CC(c1ccccc1)N1CC(C(=O)N2CCC3(CCNC3)CC2)CC1=O. The van der Waals surface area contributed by atoms with Crippen LogP contribution in [0.2, 0.25) is 0 Å². The van der Waals surface area contributed by atoms with Crippen molar-refractivity contribution in [3.63, 3.8) is 0 Å². The Balaban J connectivity index is 1.37. The van der Waals surface area contributed by atoms with Crippen LogP contribution in [0.5, 0.6) is 0 Å². The highest BCUT2D eigenvalue weighted by molar-refractivity contribution is 5.89. The van der Waals surface area contributed by atoms with Crippen LogP contribution < -0.4 is 5.32 Å². The van der Waals surface area contributed by atoms with E-state index in [1.54, 1.807) is 0 Å². The lowest BCUT2D eigenvalue weighted by molar-refractivity contribution is -0.138. The van der Waals surface area contributed by atoms with E-state index in [4.69, 9.17) is 0 Å². The van der Waals surface area contributed by atoms with Gasteiger partial charge in [-0.1, -0.05) is 30.3 Å². The van der Waals surface area contributed by atoms with Gasteiger partial charge in [-0.15, -0.1) is 0 Å². The average Bonchev–Trinajstić information content (AvgIpc) is 3.29. The third kappa shape index (κ3) is 3.25. The van der Waals surface area contributed by atoms with E-state index in [1.165, 1.54) is 6.42 Å². The largest absolute Gasteiger partial charge is 0.342 e. The minimum absolute atomic E-state index is 0.0238. The van der Waals surface area contributed by atoms with Crippen LogP contribution in [0.4, 0.5) is 0 Å². The first-order valence-corrected chi connectivity index (χ1v) is 9.92. The van der Waals surface area contributed by atoms with Gasteiger partial charge in [-0.25, -0.2) is 0 Å². The van der Waals surface area contributed by atoms with E-state index < -0.39 is 0 Å². The predicted octanol–water partition coefficient (Wildman–Crippen LogP) is 2.20. The molecule has 0 aliphatic carbocycles. The third-order valence-corrected chi connectivity index (χ3v) is 6.73. The van der Waals surface area contributed by atoms with Gasteiger partial charge < -0.3 is 15.1 Å². The molecule has 0 radical (unpaired) electrons. The number of carbonyl (C=O) groups is 2. The molecular formula is C21H29N3O2. The van der Waals surface area contributed by atoms with Gasteiger partial charge in [0.2, 0.25) is 11.8 Å². The normalized spacial score (nSPS) is 26.5. The lowest BCUT2D eigenvalue weighted by Gasteiger charge is -2.39. The van der Waals surface area contributed by atoms with Crippen LogP contribution in [0.25, 0.3) is 0 Å². The summed E-state index contributed by atoms with van der Waals surface area (Å²) in [6, 6.07) is 10.1. The second-order valence-electron chi connectivity index (χ2n) is 8.29. The van der Waals surface area contributed by atoms with Crippen molar-refractivity contribution in [2.24, 2.45) is 11.3 Å². The molecule has 3 aliphatic heterocycles. The molecule has 3 fully saturated rings. The van der Waals surface area contributed by atoms with E-state index in [9.17, 15) is 9.59 Å². The standard InChI is InChI=1S/C21H29N3O2/c1-16(17-5-3-2-4-6-17)24-14-18(13-19(24)25)20(26)23-11-8-21(9-12-23)7-10-22-15-21/h2-6,16,18,22H,7-15H2,1H3. The smallest absolute Gasteiger partial charge is 0.227 e. The van der Waals surface area contributed by atoms with Crippen LogP contribution in [0.3, 0.4) is 0 Å². The molecule has 0 saturated carbocycles. The van der Waals surface area contributed by atoms with E-state index >= 15 is 0 Å². The molecule has 1 aromatic rings. The maximum Gasteiger partial charge on any atom is 0.227 e. The van der Waals surface area contributed by atoms with Crippen LogP contribution in [0.1, 0.15) is 44.2 Å². The van der Waals surface area contributed by atoms with E-state index in [2.05, 4.69) is 12.2 Å². The number of piperidine rings is 1. The van der Waals surface area contributed by atoms with Crippen LogP contribution in [0, 0.1) is 11.3 Å². The Labute approximate surface area is 155 Å². The summed E-state index contributed by atoms with van der Waals surface area (Å²) in [6.07, 6.45) is 3.78. The zero-order valence-corrected chi connectivity index (χ0v) is 15.6. The first-order chi connectivity index (χ1) is 12.6. The van der Waals surface area contributed by atoms with Gasteiger partial charge in [0.1, 0.15) is 0 Å². The van der Waals surface area contributed by atoms with Crippen molar-refractivity contribution in [2.75, 3.05) is 32.7 Å². The fourth-order valence-corrected chi connectivity index (χ4v) is 4.86. The molecule has 140 valence electrons. The number of hydrogen-bond acceptors (Lipinski definition) is 3. The number of amides is 2. The number of rotatable bonds is 3. The molecule has 1 N–H and O–H groups in total. The number of hydrogen-bond donors (Lipinski definition) is 1. The van der Waals surface area contributed by atoms with Crippen molar-refractivity contribution in [3.05, 3.63) is 35.9 Å². The van der Waals surface area contributed by atoms with Gasteiger partial charge in [0, 0.05) is 32.6 Å². The molecule has 5 heteroatoms. The highest BCUT2D eigenvalue weighted by atomic mass is 16.2. The molecule has 4 rings (SSSR count). The molecule has 1 spiro atoms. The van der Waals surface area contributed by atoms with Crippen molar-refractivity contribution in [1.82, 2.24) is 15.1 Å². The predicted molar refractivity (Wildman–Crippen MR) is 100 cm³/mol. The van der Waals surface area contributed by atoms with E-state index in [0.29, 0.717) is 18.4 Å². The Morgan fingerprint density at radius 1 is 1.19 bits per heavy atom. The second-order valence-corrected chi connectivity index (χ2v) is 8.29. The molecule has 3 aliphatic rings. The number of benzene rings is 1. The van der Waals surface area contributed by atoms with Gasteiger partial charge in [0.15, 0.2) is 0 Å². The molecule has 3 heterocycles. The summed E-state index contributed by atoms with van der Waals surface area (Å²) < 4.78 is 0. The molecular weight excluding hydrogens is 326 g/mol. The molecule has 5 nitrogen and oxygen atoms in total. The monoisotopic (exact) mass is 355 g/mol. The summed E-state index contributed by atoms with van der Waals surface area (Å²) in [5.41, 5.74) is 1.54. The van der Waals surface area contributed by atoms with E-state index in [0.717, 1.165) is 44.6 Å². The summed E-state index contributed by atoms with van der Waals surface area (Å²) in [4.78, 5) is 29.4. The highest BCUT2D eigenvalue weighted by Gasteiger charge is 2.42. The Kier molecular flexibility index (Phi) is 4.74. The fourth-order valence-electron chi connectivity index (χ4n) is 4.86. The number of likely N-dealkylation sites (tertiary alicyclic amines) is 2. The van der Waals surface area contributed by atoms with Gasteiger partial charge in [-0.3, -0.25) is 9.59 Å². The van der Waals surface area contributed by atoms with Crippen LogP contribution in [-0.4, -0.2) is 54.3 Å². The lowest BCUT2D eigenvalue weighted by Crippen LogP contribution is -2.46. The minimum atomic E-state index is -0.176. The van der Waals surface area contributed by atoms with Gasteiger partial charge in [-0.05, 0) is 43.7 Å². The molecule has 3 saturated heterocycles. The third-order valence-electron chi connectivity index (χ3n) is 6.73. The fraction of sp³-hybridized carbons (Fsp3) is 0.619. The van der Waals surface area contributed by atoms with Crippen LogP contribution in [0.15, 0.2) is 30.3 Å². The van der Waals surface area contributed by atoms with Crippen molar-refractivity contribution >= 4 is 11.8 Å². The molecule has 2 unspecified atom stereocenters. The topological polar surface area (TPSA) is 52.7 Å². The van der Waals surface area contributed by atoms with Gasteiger partial charge >= 0.3 is 0 Å². The first kappa shape index (κ1) is 17.5. The van der Waals surface area contributed by atoms with Gasteiger partial charge in [0.25, 0.3) is 0 Å². The van der Waals surface area contributed by atoms with E-state index in [-0.39, 0.29) is 23.8 Å². The molecule has 0 bridgehead atoms. The van der Waals surface area contributed by atoms with E-state index in [1.807, 2.05) is 40.1 Å². The van der Waals surface area contributed by atoms with Gasteiger partial charge in [0.05, 0.1) is 12.0 Å². The minimum Gasteiger partial charge on any atom is -0.342 e. The summed E-state index contributed by atoms with van der Waals surface area (Å²) in [5.74, 6) is 0.111. The summed E-state index contributed by atoms with van der Waals surface area (Å²) in [6.45, 7) is 6.50. The van der Waals surface area contributed by atoms with Crippen LogP contribution in [-0.2, 0) is 9.59 Å². The number of nitrogens with one attached hydrogen (secondary N) is 1.